The van der Waals surface area contributed by atoms with Crippen LogP contribution in [0.25, 0.3) is 0 Å². The Kier molecular flexibility index (Phi) is 11.2. The molecule has 7 atom stereocenters. The van der Waals surface area contributed by atoms with Gasteiger partial charge in [0.15, 0.2) is 12.1 Å². The summed E-state index contributed by atoms with van der Waals surface area (Å²) >= 11 is 0. The summed E-state index contributed by atoms with van der Waals surface area (Å²) in [6.07, 6.45) is 2.81. The van der Waals surface area contributed by atoms with Gasteiger partial charge in [-0.3, -0.25) is 9.63 Å². The van der Waals surface area contributed by atoms with E-state index in [-0.39, 0.29) is 30.8 Å². The van der Waals surface area contributed by atoms with E-state index < -0.39 is 44.1 Å². The van der Waals surface area contributed by atoms with Crippen LogP contribution in [0.2, 0.25) is 13.1 Å². The maximum Gasteiger partial charge on any atom is 0.338 e. The van der Waals surface area contributed by atoms with Gasteiger partial charge >= 0.3 is 5.97 Å². The molecule has 7 rings (SSSR count). The fraction of sp³-hybridized carbons (Fsp3) is 0.381. The lowest BCUT2D eigenvalue weighted by atomic mass is 9.81. The highest BCUT2D eigenvalue weighted by molar-refractivity contribution is 6.91. The van der Waals surface area contributed by atoms with Crippen molar-refractivity contribution in [2.75, 3.05) is 6.61 Å². The summed E-state index contributed by atoms with van der Waals surface area (Å²) < 4.78 is 19.2. The number of carbonyl (C=O) groups excluding carboxylic acids is 2. The summed E-state index contributed by atoms with van der Waals surface area (Å²) in [6, 6.07) is 38.8. The maximum absolute atomic E-state index is 14.4. The quantitative estimate of drug-likeness (QED) is 0.114. The number of ketones is 1. The zero-order valence-corrected chi connectivity index (χ0v) is 30.3. The predicted molar refractivity (Wildman–Crippen MR) is 196 cm³/mol. The van der Waals surface area contributed by atoms with E-state index in [2.05, 4.69) is 49.5 Å². The van der Waals surface area contributed by atoms with Crippen molar-refractivity contribution < 1.29 is 33.5 Å². The average molecular weight is 706 g/mol. The van der Waals surface area contributed by atoms with Crippen molar-refractivity contribution >= 4 is 25.0 Å². The molecular formula is C42H47NO7Si. The van der Waals surface area contributed by atoms with E-state index in [1.165, 1.54) is 10.8 Å². The lowest BCUT2D eigenvalue weighted by molar-refractivity contribution is -0.446. The minimum Gasteiger partial charge on any atom is -0.457 e. The van der Waals surface area contributed by atoms with E-state index in [0.717, 1.165) is 36.4 Å². The zero-order chi connectivity index (χ0) is 35.2. The SMILES string of the molecule is C[Si](C)(c1ccccc1)[C@H]1ON2O[C@@H](O[C@H]3CCCC[C@@H]3c3ccccc3)C[C@@H](OC(=O)c3ccccc3)[C@@H]2[C@H]1C(=O)COCc1ccccc1. The summed E-state index contributed by atoms with van der Waals surface area (Å²) in [5, 5.41) is 2.59. The van der Waals surface area contributed by atoms with Gasteiger partial charge in [0, 0.05) is 12.3 Å². The second kappa shape index (κ2) is 16.2. The molecule has 0 amide bonds. The first-order valence-corrected chi connectivity index (χ1v) is 21.3. The van der Waals surface area contributed by atoms with Gasteiger partial charge in [0.1, 0.15) is 26.8 Å². The molecule has 51 heavy (non-hydrogen) atoms. The smallest absolute Gasteiger partial charge is 0.338 e. The Morgan fingerprint density at radius 1 is 0.765 bits per heavy atom. The van der Waals surface area contributed by atoms with Gasteiger partial charge in [-0.05, 0) is 36.1 Å². The molecule has 8 nitrogen and oxygen atoms in total. The summed E-state index contributed by atoms with van der Waals surface area (Å²) in [5.74, 6) is -1.03. The van der Waals surface area contributed by atoms with Crippen LogP contribution in [0.5, 0.6) is 0 Å². The normalized spacial score (nSPS) is 26.7. The number of carbonyl (C=O) groups is 2. The number of hydrogen-bond donors (Lipinski definition) is 0. The highest BCUT2D eigenvalue weighted by Crippen LogP contribution is 2.43. The first-order valence-electron chi connectivity index (χ1n) is 18.2. The third kappa shape index (κ3) is 8.09. The van der Waals surface area contributed by atoms with Gasteiger partial charge < -0.3 is 14.2 Å². The van der Waals surface area contributed by atoms with Crippen molar-refractivity contribution in [2.45, 2.75) is 88.0 Å². The fourth-order valence-corrected chi connectivity index (χ4v) is 11.0. The van der Waals surface area contributed by atoms with E-state index in [4.69, 9.17) is 23.9 Å². The third-order valence-corrected chi connectivity index (χ3v) is 14.4. The maximum atomic E-state index is 14.4. The van der Waals surface area contributed by atoms with Crippen LogP contribution in [0.1, 0.15) is 59.5 Å². The number of hydroxylamine groups is 2. The highest BCUT2D eigenvalue weighted by atomic mass is 28.3. The van der Waals surface area contributed by atoms with E-state index in [0.29, 0.717) is 12.2 Å². The molecule has 266 valence electrons. The number of nitrogens with zero attached hydrogens (tertiary/aromatic N) is 1. The van der Waals surface area contributed by atoms with Crippen LogP contribution < -0.4 is 5.19 Å². The molecule has 3 aliphatic rings. The monoisotopic (exact) mass is 705 g/mol. The average Bonchev–Trinajstić information content (AvgIpc) is 3.57. The van der Waals surface area contributed by atoms with Crippen molar-refractivity contribution in [2.24, 2.45) is 5.92 Å². The van der Waals surface area contributed by atoms with Crippen molar-refractivity contribution in [1.82, 2.24) is 5.23 Å². The minimum absolute atomic E-state index is 0.0782. The first kappa shape index (κ1) is 35.4. The molecule has 2 aliphatic heterocycles. The highest BCUT2D eigenvalue weighted by Gasteiger charge is 2.60. The summed E-state index contributed by atoms with van der Waals surface area (Å²) in [7, 11) is -2.52. The molecule has 4 aromatic rings. The van der Waals surface area contributed by atoms with Crippen LogP contribution in [0.4, 0.5) is 0 Å². The van der Waals surface area contributed by atoms with Gasteiger partial charge in [0.25, 0.3) is 0 Å². The van der Waals surface area contributed by atoms with Gasteiger partial charge in [-0.25, -0.2) is 9.63 Å². The van der Waals surface area contributed by atoms with Crippen LogP contribution in [0.3, 0.4) is 0 Å². The van der Waals surface area contributed by atoms with Crippen LogP contribution in [0, 0.1) is 5.92 Å². The van der Waals surface area contributed by atoms with Gasteiger partial charge in [-0.2, -0.15) is 0 Å². The fourth-order valence-electron chi connectivity index (χ4n) is 7.93. The Bertz CT molecular complexity index is 1730. The molecule has 0 unspecified atom stereocenters. The predicted octanol–water partition coefficient (Wildman–Crippen LogP) is 7.16. The molecule has 2 heterocycles. The molecule has 0 aromatic heterocycles. The van der Waals surface area contributed by atoms with Gasteiger partial charge in [-0.15, -0.1) is 0 Å². The number of fused-ring (bicyclic) bond motifs is 1. The number of Topliss-reactive ketones (excluding diaryl/α,β-unsaturated/α-hetero) is 1. The van der Waals surface area contributed by atoms with Crippen LogP contribution >= 0.6 is 0 Å². The Morgan fingerprint density at radius 3 is 2.10 bits per heavy atom. The first-order chi connectivity index (χ1) is 24.9. The lowest BCUT2D eigenvalue weighted by Crippen LogP contribution is -2.59. The number of esters is 1. The van der Waals surface area contributed by atoms with E-state index >= 15 is 0 Å². The Labute approximate surface area is 301 Å². The molecule has 9 heteroatoms. The standard InChI is InChI=1S/C42H47NO7Si/c1-51(2,33-23-13-6-14-24-33)42-39(35(44)29-46-28-30-17-7-3-8-18-30)40-37(48-41(45)32-21-11-5-12-22-32)27-38(49-43(40)50-42)47-36-26-16-15-25-34(36)31-19-9-4-10-20-31/h3-14,17-24,34,36-40,42H,15-16,25-29H2,1-2H3/t34-,36+,37-,38-,39-,40-,42-/m1/s1. The van der Waals surface area contributed by atoms with Crippen molar-refractivity contribution in [3.8, 4) is 0 Å². The van der Waals surface area contributed by atoms with Crippen LogP contribution in [0.15, 0.2) is 121 Å². The molecule has 4 aromatic carbocycles. The molecule has 0 bridgehead atoms. The molecule has 2 saturated heterocycles. The largest absolute Gasteiger partial charge is 0.457 e. The molecule has 1 saturated carbocycles. The second-order valence-electron chi connectivity index (χ2n) is 14.4. The van der Waals surface area contributed by atoms with E-state index in [1.807, 2.05) is 72.8 Å². The molecule has 1 aliphatic carbocycles. The summed E-state index contributed by atoms with van der Waals surface area (Å²) in [4.78, 5) is 41.4. The Morgan fingerprint density at radius 2 is 1.39 bits per heavy atom. The van der Waals surface area contributed by atoms with Gasteiger partial charge in [-0.1, -0.05) is 146 Å². The summed E-state index contributed by atoms with van der Waals surface area (Å²) in [6.45, 7) is 4.62. The van der Waals surface area contributed by atoms with Crippen LogP contribution in [-0.2, 0) is 35.3 Å². The van der Waals surface area contributed by atoms with E-state index in [1.54, 1.807) is 12.1 Å². The van der Waals surface area contributed by atoms with Gasteiger partial charge in [0.2, 0.25) is 0 Å². The zero-order valence-electron chi connectivity index (χ0n) is 29.3. The Hall–Kier alpha value is -3.96. The topological polar surface area (TPSA) is 83.5 Å². The number of hydrogen-bond acceptors (Lipinski definition) is 8. The molecule has 0 N–H and O–H groups in total. The molecule has 3 fully saturated rings. The summed E-state index contributed by atoms with van der Waals surface area (Å²) in [5.41, 5.74) is 2.16. The molecular weight excluding hydrogens is 659 g/mol. The van der Waals surface area contributed by atoms with Crippen molar-refractivity contribution in [3.05, 3.63) is 138 Å². The Balaban J connectivity index is 1.19. The third-order valence-electron chi connectivity index (χ3n) is 10.7. The lowest BCUT2D eigenvalue weighted by Gasteiger charge is -2.41. The van der Waals surface area contributed by atoms with E-state index in [9.17, 15) is 9.59 Å². The number of rotatable bonds is 12. The molecule has 0 radical (unpaired) electrons. The number of ether oxygens (including phenoxy) is 3. The van der Waals surface area contributed by atoms with Crippen molar-refractivity contribution in [3.63, 3.8) is 0 Å². The molecule has 0 spiro atoms. The van der Waals surface area contributed by atoms with Crippen molar-refractivity contribution in [1.29, 1.82) is 0 Å². The number of benzene rings is 4. The van der Waals surface area contributed by atoms with Gasteiger partial charge in [0.05, 0.1) is 29.9 Å². The minimum atomic E-state index is -2.52. The second-order valence-corrected chi connectivity index (χ2v) is 19.0. The van der Waals surface area contributed by atoms with Crippen LogP contribution in [-0.4, -0.2) is 61.9 Å².